The summed E-state index contributed by atoms with van der Waals surface area (Å²) in [7, 11) is 0. The highest BCUT2D eigenvalue weighted by molar-refractivity contribution is 7.99. The summed E-state index contributed by atoms with van der Waals surface area (Å²) < 4.78 is 0.783. The Morgan fingerprint density at radius 1 is 1.47 bits per heavy atom. The third-order valence-electron chi connectivity index (χ3n) is 3.18. The van der Waals surface area contributed by atoms with Crippen LogP contribution in [0.5, 0.6) is 0 Å². The summed E-state index contributed by atoms with van der Waals surface area (Å²) in [6.45, 7) is 0. The molecule has 1 aromatic rings. The second-order valence-electron chi connectivity index (χ2n) is 4.72. The van der Waals surface area contributed by atoms with Crippen LogP contribution in [0.1, 0.15) is 30.6 Å². The van der Waals surface area contributed by atoms with E-state index >= 15 is 0 Å². The van der Waals surface area contributed by atoms with Crippen molar-refractivity contribution in [3.05, 3.63) is 21.3 Å². The number of aliphatic hydroxyl groups excluding tert-OH is 1. The predicted octanol–water partition coefficient (Wildman–Crippen LogP) is 3.05. The van der Waals surface area contributed by atoms with Gasteiger partial charge in [0.15, 0.2) is 0 Å². The molecule has 1 aliphatic rings. The number of nitrogens with one attached hydrogen (secondary N) is 1. The molecule has 1 amide bonds. The van der Waals surface area contributed by atoms with E-state index in [4.69, 9.17) is 11.6 Å². The molecule has 0 aliphatic heterocycles. The molecule has 2 N–H and O–H groups in total. The lowest BCUT2D eigenvalue weighted by Gasteiger charge is -2.28. The van der Waals surface area contributed by atoms with Gasteiger partial charge in [-0.2, -0.15) is 0 Å². The van der Waals surface area contributed by atoms with Crippen molar-refractivity contribution >= 4 is 40.6 Å². The molecule has 1 heterocycles. The number of thiophene rings is 1. The smallest absolute Gasteiger partial charge is 0.230 e. The maximum absolute atomic E-state index is 11.8. The van der Waals surface area contributed by atoms with Gasteiger partial charge in [0, 0.05) is 10.6 Å². The predicted molar refractivity (Wildman–Crippen MR) is 81.9 cm³/mol. The quantitative estimate of drug-likeness (QED) is 0.877. The zero-order valence-electron chi connectivity index (χ0n) is 10.6. The van der Waals surface area contributed by atoms with Gasteiger partial charge in [-0.1, -0.05) is 24.4 Å². The Kier molecular flexibility index (Phi) is 6.01. The van der Waals surface area contributed by atoms with Crippen LogP contribution in [0.15, 0.2) is 12.1 Å². The van der Waals surface area contributed by atoms with Crippen molar-refractivity contribution in [2.45, 2.75) is 43.6 Å². The largest absolute Gasteiger partial charge is 0.391 e. The lowest BCUT2D eigenvalue weighted by molar-refractivity contribution is -0.120. The average molecular weight is 320 g/mol. The molecule has 3 nitrogen and oxygen atoms in total. The summed E-state index contributed by atoms with van der Waals surface area (Å²) >= 11 is 8.97. The molecule has 2 atom stereocenters. The van der Waals surface area contributed by atoms with E-state index in [0.717, 1.165) is 35.8 Å². The molecule has 0 saturated heterocycles. The first-order chi connectivity index (χ1) is 9.15. The fourth-order valence-corrected chi connectivity index (χ4v) is 4.24. The summed E-state index contributed by atoms with van der Waals surface area (Å²) in [4.78, 5) is 13.0. The molecule has 6 heteroatoms. The van der Waals surface area contributed by atoms with E-state index in [1.165, 1.54) is 4.88 Å². The summed E-state index contributed by atoms with van der Waals surface area (Å²) in [5, 5.41) is 12.7. The number of carbonyl (C=O) groups excluding carboxylic acids is 1. The molecule has 0 spiro atoms. The molecule has 1 aromatic heterocycles. The van der Waals surface area contributed by atoms with Gasteiger partial charge in [-0.05, 0) is 25.0 Å². The highest BCUT2D eigenvalue weighted by Crippen LogP contribution is 2.25. The minimum atomic E-state index is -0.376. The van der Waals surface area contributed by atoms with Gasteiger partial charge in [-0.3, -0.25) is 4.79 Å². The second-order valence-corrected chi connectivity index (χ2v) is 7.51. The Morgan fingerprint density at radius 3 is 2.95 bits per heavy atom. The molecule has 0 unspecified atom stereocenters. The molecule has 1 fully saturated rings. The molecule has 0 aromatic carbocycles. The van der Waals surface area contributed by atoms with Crippen molar-refractivity contribution < 1.29 is 9.90 Å². The van der Waals surface area contributed by atoms with Crippen LogP contribution in [0.25, 0.3) is 0 Å². The maximum atomic E-state index is 11.8. The van der Waals surface area contributed by atoms with E-state index in [2.05, 4.69) is 5.32 Å². The Bertz CT molecular complexity index is 425. The number of hydrogen-bond donors (Lipinski definition) is 2. The molecule has 106 valence electrons. The first-order valence-corrected chi connectivity index (χ1v) is 8.79. The highest BCUT2D eigenvalue weighted by Gasteiger charge is 2.24. The fraction of sp³-hybridized carbons (Fsp3) is 0.615. The summed E-state index contributed by atoms with van der Waals surface area (Å²) in [5.74, 6) is 1.25. The minimum absolute atomic E-state index is 0.0126. The van der Waals surface area contributed by atoms with E-state index in [1.807, 2.05) is 12.1 Å². The molecule has 2 rings (SSSR count). The number of thioether (sulfide) groups is 1. The number of carbonyl (C=O) groups is 1. The SMILES string of the molecule is O=C(CSCc1ccc(Cl)s1)N[C@H]1CCCC[C@@H]1O. The van der Waals surface area contributed by atoms with Gasteiger partial charge in [0.1, 0.15) is 0 Å². The van der Waals surface area contributed by atoms with Gasteiger partial charge < -0.3 is 10.4 Å². The van der Waals surface area contributed by atoms with E-state index in [0.29, 0.717) is 5.75 Å². The zero-order valence-corrected chi connectivity index (χ0v) is 13.0. The number of aliphatic hydroxyl groups is 1. The maximum Gasteiger partial charge on any atom is 0.230 e. The summed E-state index contributed by atoms with van der Waals surface area (Å²) in [5.41, 5.74) is 0. The topological polar surface area (TPSA) is 49.3 Å². The van der Waals surface area contributed by atoms with Crippen LogP contribution in [0.4, 0.5) is 0 Å². The average Bonchev–Trinajstić information content (AvgIpc) is 2.78. The summed E-state index contributed by atoms with van der Waals surface area (Å²) in [6.07, 6.45) is 3.45. The van der Waals surface area contributed by atoms with Crippen molar-refractivity contribution in [2.75, 3.05) is 5.75 Å². The molecular formula is C13H18ClNO2S2. The summed E-state index contributed by atoms with van der Waals surface area (Å²) in [6, 6.07) is 3.81. The normalized spacial score (nSPS) is 23.3. The van der Waals surface area contributed by atoms with Crippen LogP contribution in [0, 0.1) is 0 Å². The second kappa shape index (κ2) is 7.53. The molecule has 0 bridgehead atoms. The van der Waals surface area contributed by atoms with E-state index in [-0.39, 0.29) is 18.1 Å². The number of amides is 1. The Hall–Kier alpha value is -0.230. The van der Waals surface area contributed by atoms with Crippen molar-refractivity contribution in [2.24, 2.45) is 0 Å². The Labute approximate surface area is 126 Å². The van der Waals surface area contributed by atoms with Gasteiger partial charge in [0.25, 0.3) is 0 Å². The highest BCUT2D eigenvalue weighted by atomic mass is 35.5. The first-order valence-electron chi connectivity index (χ1n) is 6.44. The third kappa shape index (κ3) is 4.99. The van der Waals surface area contributed by atoms with Crippen LogP contribution >= 0.6 is 34.7 Å². The van der Waals surface area contributed by atoms with Crippen molar-refractivity contribution in [1.82, 2.24) is 5.32 Å². The van der Waals surface area contributed by atoms with E-state index < -0.39 is 0 Å². The van der Waals surface area contributed by atoms with Crippen LogP contribution in [0.3, 0.4) is 0 Å². The van der Waals surface area contributed by atoms with E-state index in [1.54, 1.807) is 23.1 Å². The Morgan fingerprint density at radius 2 is 2.26 bits per heavy atom. The number of hydrogen-bond acceptors (Lipinski definition) is 4. The lowest BCUT2D eigenvalue weighted by atomic mass is 9.93. The molecular weight excluding hydrogens is 302 g/mol. The fourth-order valence-electron chi connectivity index (χ4n) is 2.20. The first kappa shape index (κ1) is 15.2. The van der Waals surface area contributed by atoms with Gasteiger partial charge in [-0.25, -0.2) is 0 Å². The molecule has 19 heavy (non-hydrogen) atoms. The van der Waals surface area contributed by atoms with Crippen molar-refractivity contribution in [1.29, 1.82) is 0 Å². The third-order valence-corrected chi connectivity index (χ3v) is 5.58. The monoisotopic (exact) mass is 319 g/mol. The Balaban J connectivity index is 1.66. The van der Waals surface area contributed by atoms with Crippen LogP contribution in [0.2, 0.25) is 4.34 Å². The standard InChI is InChI=1S/C13H18ClNO2S2/c14-12-6-5-9(19-12)7-18-8-13(17)15-10-3-1-2-4-11(10)16/h5-6,10-11,16H,1-4,7-8H2,(H,15,17)/t10-,11-/m0/s1. The molecule has 1 saturated carbocycles. The van der Waals surface area contributed by atoms with Gasteiger partial charge in [-0.15, -0.1) is 23.1 Å². The van der Waals surface area contributed by atoms with E-state index in [9.17, 15) is 9.90 Å². The van der Waals surface area contributed by atoms with Crippen molar-refractivity contribution in [3.63, 3.8) is 0 Å². The molecule has 0 radical (unpaired) electrons. The number of halogens is 1. The van der Waals surface area contributed by atoms with Gasteiger partial charge in [0.2, 0.25) is 5.91 Å². The van der Waals surface area contributed by atoms with Crippen molar-refractivity contribution in [3.8, 4) is 0 Å². The number of rotatable bonds is 5. The molecule has 1 aliphatic carbocycles. The van der Waals surface area contributed by atoms with Crippen LogP contribution in [-0.4, -0.2) is 28.9 Å². The van der Waals surface area contributed by atoms with Crippen LogP contribution in [-0.2, 0) is 10.5 Å². The lowest BCUT2D eigenvalue weighted by Crippen LogP contribution is -2.45. The van der Waals surface area contributed by atoms with Gasteiger partial charge >= 0.3 is 0 Å². The minimum Gasteiger partial charge on any atom is -0.391 e. The zero-order chi connectivity index (χ0) is 13.7. The van der Waals surface area contributed by atoms with Gasteiger partial charge in [0.05, 0.1) is 22.2 Å². The van der Waals surface area contributed by atoms with Crippen LogP contribution < -0.4 is 5.32 Å².